The number of nitrogens with zero attached hydrogens (tertiary/aromatic N) is 2. The van der Waals surface area contributed by atoms with Crippen molar-refractivity contribution in [1.82, 2.24) is 9.80 Å². The Morgan fingerprint density at radius 3 is 2.50 bits per heavy atom. The van der Waals surface area contributed by atoms with E-state index >= 15 is 0 Å². The first-order valence-electron chi connectivity index (χ1n) is 8.90. The maximum Gasteiger partial charge on any atom is 0.257 e. The molecule has 26 heavy (non-hydrogen) atoms. The highest BCUT2D eigenvalue weighted by Gasteiger charge is 2.24. The summed E-state index contributed by atoms with van der Waals surface area (Å²) in [5.74, 6) is 0.717. The van der Waals surface area contributed by atoms with Crippen molar-refractivity contribution in [3.05, 3.63) is 59.2 Å². The van der Waals surface area contributed by atoms with Crippen molar-refractivity contribution in [2.24, 2.45) is 0 Å². The Morgan fingerprint density at radius 1 is 1.12 bits per heavy atom. The fourth-order valence-electron chi connectivity index (χ4n) is 3.28. The van der Waals surface area contributed by atoms with Crippen LogP contribution < -0.4 is 4.74 Å². The Balaban J connectivity index is 1.63. The Labute approximate surface area is 160 Å². The van der Waals surface area contributed by atoms with Crippen LogP contribution in [0, 0.1) is 6.92 Å². The van der Waals surface area contributed by atoms with E-state index in [2.05, 4.69) is 36.1 Å². The highest BCUT2D eigenvalue weighted by molar-refractivity contribution is 7.98. The van der Waals surface area contributed by atoms with Crippen LogP contribution >= 0.6 is 11.8 Å². The molecule has 1 aliphatic heterocycles. The van der Waals surface area contributed by atoms with Crippen molar-refractivity contribution in [2.45, 2.75) is 18.4 Å². The zero-order chi connectivity index (χ0) is 18.5. The number of piperazine rings is 1. The second-order valence-corrected chi connectivity index (χ2v) is 7.44. The van der Waals surface area contributed by atoms with Crippen molar-refractivity contribution < 1.29 is 9.53 Å². The fourth-order valence-corrected chi connectivity index (χ4v) is 3.71. The number of methoxy groups -OCH3 is 1. The van der Waals surface area contributed by atoms with Crippen molar-refractivity contribution in [2.75, 3.05) is 39.5 Å². The van der Waals surface area contributed by atoms with Crippen LogP contribution in [0.2, 0.25) is 0 Å². The number of aryl methyl sites for hydroxylation is 1. The lowest BCUT2D eigenvalue weighted by atomic mass is 10.1. The summed E-state index contributed by atoms with van der Waals surface area (Å²) in [7, 11) is 1.62. The highest BCUT2D eigenvalue weighted by atomic mass is 32.2. The van der Waals surface area contributed by atoms with Gasteiger partial charge in [0.1, 0.15) is 5.75 Å². The zero-order valence-corrected chi connectivity index (χ0v) is 16.5. The third-order valence-corrected chi connectivity index (χ3v) is 5.68. The van der Waals surface area contributed by atoms with Gasteiger partial charge in [0.15, 0.2) is 0 Å². The summed E-state index contributed by atoms with van der Waals surface area (Å²) in [4.78, 5) is 18.4. The largest absolute Gasteiger partial charge is 0.496 e. The molecule has 1 fully saturated rings. The fraction of sp³-hybridized carbons (Fsp3) is 0.381. The number of carbonyl (C=O) groups is 1. The van der Waals surface area contributed by atoms with Gasteiger partial charge in [-0.3, -0.25) is 9.69 Å². The van der Waals surface area contributed by atoms with Crippen molar-refractivity contribution in [3.63, 3.8) is 0 Å². The second kappa shape index (κ2) is 8.60. The molecule has 2 aromatic rings. The maximum absolute atomic E-state index is 12.9. The van der Waals surface area contributed by atoms with E-state index in [1.807, 2.05) is 29.4 Å². The minimum absolute atomic E-state index is 0.0602. The molecule has 0 N–H and O–H groups in total. The molecule has 0 aliphatic carbocycles. The van der Waals surface area contributed by atoms with Crippen LogP contribution in [0.15, 0.2) is 47.4 Å². The summed E-state index contributed by atoms with van der Waals surface area (Å²) < 4.78 is 5.44. The molecule has 3 rings (SSSR count). The molecule has 5 heteroatoms. The summed E-state index contributed by atoms with van der Waals surface area (Å²) in [6, 6.07) is 14.3. The summed E-state index contributed by atoms with van der Waals surface area (Å²) in [5, 5.41) is 0. The Kier molecular flexibility index (Phi) is 6.22. The number of thioether (sulfide) groups is 1. The van der Waals surface area contributed by atoms with Crippen molar-refractivity contribution >= 4 is 17.7 Å². The third kappa shape index (κ3) is 4.22. The number of ether oxygens (including phenoxy) is 1. The highest BCUT2D eigenvalue weighted by Crippen LogP contribution is 2.26. The minimum atomic E-state index is 0.0602. The summed E-state index contributed by atoms with van der Waals surface area (Å²) in [5.41, 5.74) is 3.34. The SMILES string of the molecule is COc1cc(SC)ccc1C(=O)N1CCN(Cc2ccccc2C)CC1. The molecule has 1 aliphatic rings. The summed E-state index contributed by atoms with van der Waals surface area (Å²) in [6.45, 7) is 6.38. The molecule has 0 spiro atoms. The van der Waals surface area contributed by atoms with E-state index in [0.717, 1.165) is 37.6 Å². The van der Waals surface area contributed by atoms with Gasteiger partial charge in [-0.25, -0.2) is 0 Å². The van der Waals surface area contributed by atoms with Gasteiger partial charge in [-0.15, -0.1) is 11.8 Å². The summed E-state index contributed by atoms with van der Waals surface area (Å²) >= 11 is 1.65. The van der Waals surface area contributed by atoms with Crippen LogP contribution in [-0.2, 0) is 6.54 Å². The number of hydrogen-bond acceptors (Lipinski definition) is 4. The van der Waals surface area contributed by atoms with E-state index in [1.54, 1.807) is 18.9 Å². The van der Waals surface area contributed by atoms with Crippen LogP contribution in [0.4, 0.5) is 0 Å². The lowest BCUT2D eigenvalue weighted by Gasteiger charge is -2.35. The molecule has 2 aromatic carbocycles. The second-order valence-electron chi connectivity index (χ2n) is 6.56. The molecule has 138 valence electrons. The van der Waals surface area contributed by atoms with Gasteiger partial charge in [0.05, 0.1) is 12.7 Å². The van der Waals surface area contributed by atoms with Crippen molar-refractivity contribution in [3.8, 4) is 5.75 Å². The van der Waals surface area contributed by atoms with Crippen LogP contribution in [0.1, 0.15) is 21.5 Å². The lowest BCUT2D eigenvalue weighted by Crippen LogP contribution is -2.48. The number of rotatable bonds is 5. The van der Waals surface area contributed by atoms with Gasteiger partial charge in [-0.05, 0) is 42.5 Å². The number of hydrogen-bond donors (Lipinski definition) is 0. The quantitative estimate of drug-likeness (QED) is 0.752. The van der Waals surface area contributed by atoms with E-state index < -0.39 is 0 Å². The molecule has 0 saturated carbocycles. The van der Waals surface area contributed by atoms with E-state index in [9.17, 15) is 4.79 Å². The molecule has 4 nitrogen and oxygen atoms in total. The standard InChI is InChI=1S/C21H26N2O2S/c1-16-6-4-5-7-17(16)15-22-10-12-23(13-11-22)21(24)19-9-8-18(26-3)14-20(19)25-2/h4-9,14H,10-13,15H2,1-3H3. The van der Waals surface area contributed by atoms with Gasteiger partial charge in [0, 0.05) is 37.6 Å². The first kappa shape index (κ1) is 18.8. The topological polar surface area (TPSA) is 32.8 Å². The van der Waals surface area contributed by atoms with Gasteiger partial charge in [-0.2, -0.15) is 0 Å². The number of amides is 1. The molecule has 0 unspecified atom stereocenters. The zero-order valence-electron chi connectivity index (χ0n) is 15.7. The minimum Gasteiger partial charge on any atom is -0.496 e. The average molecular weight is 371 g/mol. The van der Waals surface area contributed by atoms with E-state index in [1.165, 1.54) is 11.1 Å². The predicted molar refractivity (Wildman–Crippen MR) is 107 cm³/mol. The van der Waals surface area contributed by atoms with Crippen LogP contribution in [0.5, 0.6) is 5.75 Å². The monoisotopic (exact) mass is 370 g/mol. The predicted octanol–water partition coefficient (Wildman–Crippen LogP) is 3.68. The maximum atomic E-state index is 12.9. The van der Waals surface area contributed by atoms with Crippen LogP contribution in [0.3, 0.4) is 0 Å². The van der Waals surface area contributed by atoms with E-state index in [0.29, 0.717) is 11.3 Å². The van der Waals surface area contributed by atoms with Crippen LogP contribution in [0.25, 0.3) is 0 Å². The molecular weight excluding hydrogens is 344 g/mol. The van der Waals surface area contributed by atoms with E-state index in [-0.39, 0.29) is 5.91 Å². The first-order chi connectivity index (χ1) is 12.6. The Morgan fingerprint density at radius 2 is 1.85 bits per heavy atom. The van der Waals surface area contributed by atoms with Crippen molar-refractivity contribution in [1.29, 1.82) is 0 Å². The normalized spacial score (nSPS) is 15.1. The van der Waals surface area contributed by atoms with Crippen LogP contribution in [-0.4, -0.2) is 55.3 Å². The number of benzene rings is 2. The summed E-state index contributed by atoms with van der Waals surface area (Å²) in [6.07, 6.45) is 2.02. The van der Waals surface area contributed by atoms with Gasteiger partial charge in [0.25, 0.3) is 5.91 Å². The van der Waals surface area contributed by atoms with E-state index in [4.69, 9.17) is 4.74 Å². The molecule has 0 radical (unpaired) electrons. The van der Waals surface area contributed by atoms with Gasteiger partial charge in [-0.1, -0.05) is 24.3 Å². The Bertz CT molecular complexity index is 770. The molecular formula is C21H26N2O2S. The first-order valence-corrected chi connectivity index (χ1v) is 10.1. The van der Waals surface area contributed by atoms with Gasteiger partial charge < -0.3 is 9.64 Å². The lowest BCUT2D eigenvalue weighted by molar-refractivity contribution is 0.0625. The van der Waals surface area contributed by atoms with Gasteiger partial charge >= 0.3 is 0 Å². The molecule has 1 heterocycles. The number of carbonyl (C=O) groups excluding carboxylic acids is 1. The molecule has 1 saturated heterocycles. The molecule has 1 amide bonds. The van der Waals surface area contributed by atoms with Gasteiger partial charge in [0.2, 0.25) is 0 Å². The molecule has 0 aromatic heterocycles. The smallest absolute Gasteiger partial charge is 0.257 e. The Hall–Kier alpha value is -1.98. The average Bonchev–Trinajstić information content (AvgIpc) is 2.69. The molecule has 0 atom stereocenters. The third-order valence-electron chi connectivity index (χ3n) is 4.95. The molecule has 0 bridgehead atoms.